The van der Waals surface area contributed by atoms with Crippen LogP contribution in [0.5, 0.6) is 0 Å². The van der Waals surface area contributed by atoms with Crippen molar-refractivity contribution in [3.63, 3.8) is 0 Å². The molecule has 1 aromatic carbocycles. The molecule has 0 amide bonds. The second-order valence-electron chi connectivity index (χ2n) is 4.19. The highest BCUT2D eigenvalue weighted by Gasteiger charge is 2.08. The molecule has 4 heteroatoms. The van der Waals surface area contributed by atoms with Gasteiger partial charge in [0.1, 0.15) is 0 Å². The van der Waals surface area contributed by atoms with Crippen molar-refractivity contribution in [2.45, 2.75) is 53.9 Å². The average molecular weight is 324 g/mol. The number of methoxy groups -OCH3 is 1. The Balaban J connectivity index is 0. The fourth-order valence-electron chi connectivity index (χ4n) is 1.59. The minimum Gasteiger partial charge on any atom is -0.462 e. The van der Waals surface area contributed by atoms with E-state index in [4.69, 9.17) is 9.47 Å². The number of unbranched alkanes of at least 4 members (excludes halogenated alkanes) is 1. The van der Waals surface area contributed by atoms with Crippen LogP contribution >= 0.6 is 0 Å². The highest BCUT2D eigenvalue weighted by Crippen LogP contribution is 2.08. The molecule has 0 fully saturated rings. The van der Waals surface area contributed by atoms with Gasteiger partial charge in [-0.05, 0) is 25.0 Å². The number of benzene rings is 1. The summed E-state index contributed by atoms with van der Waals surface area (Å²) in [6.45, 7) is 10.9. The Hall–Kier alpha value is -1.68. The molecule has 0 aliphatic rings. The lowest BCUT2D eigenvalue weighted by atomic mass is 10.1. The van der Waals surface area contributed by atoms with Gasteiger partial charge in [0.05, 0.1) is 12.2 Å². The summed E-state index contributed by atoms with van der Waals surface area (Å²) in [4.78, 5) is 23.1. The Labute approximate surface area is 141 Å². The van der Waals surface area contributed by atoms with E-state index in [0.29, 0.717) is 30.8 Å². The van der Waals surface area contributed by atoms with Gasteiger partial charge in [0.2, 0.25) is 0 Å². The zero-order chi connectivity index (χ0) is 18.1. The van der Waals surface area contributed by atoms with Gasteiger partial charge in [0, 0.05) is 25.7 Å². The summed E-state index contributed by atoms with van der Waals surface area (Å²) in [6.07, 6.45) is 2.11. The Morgan fingerprint density at radius 3 is 1.83 bits per heavy atom. The summed E-state index contributed by atoms with van der Waals surface area (Å²) < 4.78 is 10.0. The summed E-state index contributed by atoms with van der Waals surface area (Å²) in [5.74, 6) is -0.285. The highest BCUT2D eigenvalue weighted by molar-refractivity contribution is 5.97. The van der Waals surface area contributed by atoms with Gasteiger partial charge in [0.15, 0.2) is 5.78 Å². The van der Waals surface area contributed by atoms with Gasteiger partial charge in [-0.15, -0.1) is 0 Å². The van der Waals surface area contributed by atoms with Gasteiger partial charge in [-0.25, -0.2) is 4.79 Å². The van der Waals surface area contributed by atoms with Crippen LogP contribution in [0, 0.1) is 0 Å². The maximum Gasteiger partial charge on any atom is 0.338 e. The molecule has 0 heterocycles. The molecule has 0 aliphatic carbocycles. The molecular weight excluding hydrogens is 292 g/mol. The molecule has 0 bridgehead atoms. The van der Waals surface area contributed by atoms with Crippen LogP contribution in [0.1, 0.15) is 74.6 Å². The second kappa shape index (κ2) is 16.7. The molecule has 0 atom stereocenters. The molecule has 1 rings (SSSR count). The topological polar surface area (TPSA) is 52.6 Å². The zero-order valence-electron chi connectivity index (χ0n) is 15.5. The van der Waals surface area contributed by atoms with E-state index in [2.05, 4.69) is 0 Å². The fraction of sp³-hybridized carbons (Fsp3) is 0.579. The van der Waals surface area contributed by atoms with Crippen molar-refractivity contribution in [3.05, 3.63) is 35.4 Å². The minimum atomic E-state index is -0.354. The first-order valence-electron chi connectivity index (χ1n) is 8.48. The monoisotopic (exact) mass is 324 g/mol. The molecular formula is C19H32O4. The number of carbonyl (C=O) groups excluding carboxylic acids is 2. The first kappa shape index (κ1) is 23.6. The van der Waals surface area contributed by atoms with Crippen molar-refractivity contribution >= 4 is 11.8 Å². The van der Waals surface area contributed by atoms with E-state index in [-0.39, 0.29) is 11.8 Å². The number of ether oxygens (including phenoxy) is 2. The molecule has 4 nitrogen and oxygen atoms in total. The lowest BCUT2D eigenvalue weighted by molar-refractivity contribution is 0.0489. The maximum absolute atomic E-state index is 11.7. The van der Waals surface area contributed by atoms with E-state index in [1.165, 1.54) is 0 Å². The minimum absolute atomic E-state index is 0.0690. The number of Topliss-reactive ketones (excluding diaryl/α,β-unsaturated/α-hetero) is 1. The van der Waals surface area contributed by atoms with Crippen LogP contribution in [-0.4, -0.2) is 32.1 Å². The van der Waals surface area contributed by atoms with Crippen molar-refractivity contribution in [1.82, 2.24) is 0 Å². The van der Waals surface area contributed by atoms with Crippen molar-refractivity contribution in [3.8, 4) is 0 Å². The predicted molar refractivity (Wildman–Crippen MR) is 95.2 cm³/mol. The van der Waals surface area contributed by atoms with Gasteiger partial charge in [-0.1, -0.05) is 46.8 Å². The lowest BCUT2D eigenvalue weighted by Gasteiger charge is -2.05. The normalized spacial score (nSPS) is 8.96. The fourth-order valence-corrected chi connectivity index (χ4v) is 1.59. The first-order valence-corrected chi connectivity index (χ1v) is 8.48. The molecule has 1 aromatic rings. The van der Waals surface area contributed by atoms with Crippen LogP contribution in [-0.2, 0) is 9.47 Å². The number of esters is 1. The molecule has 0 aromatic heterocycles. The largest absolute Gasteiger partial charge is 0.462 e. The van der Waals surface area contributed by atoms with Crippen molar-refractivity contribution in [1.29, 1.82) is 0 Å². The molecule has 0 N–H and O–H groups in total. The third-order valence-corrected chi connectivity index (χ3v) is 2.74. The van der Waals surface area contributed by atoms with E-state index >= 15 is 0 Å². The maximum atomic E-state index is 11.7. The highest BCUT2D eigenvalue weighted by atomic mass is 16.5. The Morgan fingerprint density at radius 1 is 0.870 bits per heavy atom. The molecule has 0 unspecified atom stereocenters. The van der Waals surface area contributed by atoms with E-state index in [0.717, 1.165) is 12.8 Å². The SMILES string of the molecule is CC.CC.CCC(=O)c1ccc(C(=O)OCCCCOC)cc1. The van der Waals surface area contributed by atoms with Gasteiger partial charge in [-0.3, -0.25) is 4.79 Å². The molecule has 0 spiro atoms. The summed E-state index contributed by atoms with van der Waals surface area (Å²) >= 11 is 0. The van der Waals surface area contributed by atoms with Gasteiger partial charge >= 0.3 is 5.97 Å². The van der Waals surface area contributed by atoms with Crippen molar-refractivity contribution in [2.75, 3.05) is 20.3 Å². The molecule has 0 saturated carbocycles. The van der Waals surface area contributed by atoms with E-state index in [9.17, 15) is 9.59 Å². The Morgan fingerprint density at radius 2 is 1.35 bits per heavy atom. The zero-order valence-corrected chi connectivity index (χ0v) is 15.5. The summed E-state index contributed by atoms with van der Waals surface area (Å²) in [5, 5.41) is 0. The van der Waals surface area contributed by atoms with Gasteiger partial charge in [0.25, 0.3) is 0 Å². The van der Waals surface area contributed by atoms with E-state index < -0.39 is 0 Å². The van der Waals surface area contributed by atoms with E-state index in [1.54, 1.807) is 31.4 Å². The predicted octanol–water partition coefficient (Wildman–Crippen LogP) is 4.92. The molecule has 0 aliphatic heterocycles. The number of hydrogen-bond donors (Lipinski definition) is 0. The molecule has 23 heavy (non-hydrogen) atoms. The van der Waals surface area contributed by atoms with Crippen molar-refractivity contribution in [2.24, 2.45) is 0 Å². The Bertz CT molecular complexity index is 410. The molecule has 0 radical (unpaired) electrons. The number of hydrogen-bond acceptors (Lipinski definition) is 4. The average Bonchev–Trinajstić information content (AvgIpc) is 2.64. The first-order chi connectivity index (χ1) is 11.2. The molecule has 0 saturated heterocycles. The quantitative estimate of drug-likeness (QED) is 0.387. The summed E-state index contributed by atoms with van der Waals surface area (Å²) in [7, 11) is 1.64. The summed E-state index contributed by atoms with van der Waals surface area (Å²) in [5.41, 5.74) is 1.10. The van der Waals surface area contributed by atoms with Crippen molar-refractivity contribution < 1.29 is 19.1 Å². The smallest absolute Gasteiger partial charge is 0.338 e. The van der Waals surface area contributed by atoms with Crippen LogP contribution in [0.25, 0.3) is 0 Å². The van der Waals surface area contributed by atoms with Gasteiger partial charge < -0.3 is 9.47 Å². The van der Waals surface area contributed by atoms with E-state index in [1.807, 2.05) is 34.6 Å². The van der Waals surface area contributed by atoms with Crippen LogP contribution < -0.4 is 0 Å². The van der Waals surface area contributed by atoms with Crippen LogP contribution in [0.2, 0.25) is 0 Å². The van der Waals surface area contributed by atoms with Crippen LogP contribution in [0.4, 0.5) is 0 Å². The molecule has 132 valence electrons. The van der Waals surface area contributed by atoms with Crippen LogP contribution in [0.15, 0.2) is 24.3 Å². The lowest BCUT2D eigenvalue weighted by Crippen LogP contribution is -2.07. The number of carbonyl (C=O) groups is 2. The Kier molecular flexibility index (Phi) is 17.1. The third kappa shape index (κ3) is 10.6. The number of ketones is 1. The third-order valence-electron chi connectivity index (χ3n) is 2.74. The van der Waals surface area contributed by atoms with Crippen LogP contribution in [0.3, 0.4) is 0 Å². The standard InChI is InChI=1S/C15H20O4.2C2H6/c1-3-14(16)12-6-8-13(9-7-12)15(17)19-11-5-4-10-18-2;2*1-2/h6-9H,3-5,10-11H2,1-2H3;2*1-2H3. The van der Waals surface area contributed by atoms with Gasteiger partial charge in [-0.2, -0.15) is 0 Å². The summed E-state index contributed by atoms with van der Waals surface area (Å²) in [6, 6.07) is 6.57. The number of rotatable bonds is 8. The second-order valence-corrected chi connectivity index (χ2v) is 4.19.